The van der Waals surface area contributed by atoms with E-state index in [2.05, 4.69) is 20.4 Å². The molecule has 10 heteroatoms. The van der Waals surface area contributed by atoms with Crippen molar-refractivity contribution in [3.8, 4) is 11.4 Å². The molecule has 0 aliphatic carbocycles. The highest BCUT2D eigenvalue weighted by atomic mass is 19.4. The van der Waals surface area contributed by atoms with Crippen LogP contribution < -0.4 is 10.1 Å². The zero-order valence-electron chi connectivity index (χ0n) is 16.5. The van der Waals surface area contributed by atoms with Gasteiger partial charge in [0, 0.05) is 30.4 Å². The molecule has 0 fully saturated rings. The SMILES string of the molecule is O=C(Nc1ncccc1OCc1ccncc1)c1ccc(-n2ccc(C(F)(F)F)n2)cc1. The highest BCUT2D eigenvalue weighted by Crippen LogP contribution is 2.28. The second-order valence-corrected chi connectivity index (χ2v) is 6.64. The lowest BCUT2D eigenvalue weighted by atomic mass is 10.2. The van der Waals surface area contributed by atoms with Crippen molar-refractivity contribution in [1.29, 1.82) is 0 Å². The van der Waals surface area contributed by atoms with Gasteiger partial charge in [-0.3, -0.25) is 9.78 Å². The molecule has 0 aliphatic rings. The van der Waals surface area contributed by atoms with Gasteiger partial charge in [-0.15, -0.1) is 0 Å². The van der Waals surface area contributed by atoms with Crippen molar-refractivity contribution in [2.45, 2.75) is 12.8 Å². The number of nitrogens with one attached hydrogen (secondary N) is 1. The van der Waals surface area contributed by atoms with E-state index < -0.39 is 17.8 Å². The van der Waals surface area contributed by atoms with Gasteiger partial charge in [0.25, 0.3) is 5.91 Å². The van der Waals surface area contributed by atoms with Crippen LogP contribution in [0.4, 0.5) is 19.0 Å². The number of carbonyl (C=O) groups is 1. The van der Waals surface area contributed by atoms with E-state index in [0.29, 0.717) is 17.0 Å². The number of hydrogen-bond donors (Lipinski definition) is 1. The summed E-state index contributed by atoms with van der Waals surface area (Å²) in [5.74, 6) is 0.198. The summed E-state index contributed by atoms with van der Waals surface area (Å²) >= 11 is 0. The maximum atomic E-state index is 12.7. The Kier molecular flexibility index (Phi) is 5.84. The van der Waals surface area contributed by atoms with Crippen LogP contribution in [0.1, 0.15) is 21.6 Å². The van der Waals surface area contributed by atoms with E-state index in [1.165, 1.54) is 36.7 Å². The molecule has 4 rings (SSSR count). The van der Waals surface area contributed by atoms with E-state index >= 15 is 0 Å². The molecule has 162 valence electrons. The van der Waals surface area contributed by atoms with Crippen molar-refractivity contribution < 1.29 is 22.7 Å². The van der Waals surface area contributed by atoms with Crippen molar-refractivity contribution in [2.75, 3.05) is 5.32 Å². The number of ether oxygens (including phenoxy) is 1. The van der Waals surface area contributed by atoms with Crippen LogP contribution in [0.5, 0.6) is 5.75 Å². The molecule has 0 aliphatic heterocycles. The standard InChI is InChI=1S/C22H16F3N5O2/c23-22(24,25)19-9-13-30(29-19)17-5-3-16(4-6-17)21(31)28-20-18(2-1-10-27-20)32-14-15-7-11-26-12-8-15/h1-13H,14H2,(H,27,28,31). The van der Waals surface area contributed by atoms with Gasteiger partial charge >= 0.3 is 6.18 Å². The van der Waals surface area contributed by atoms with Gasteiger partial charge in [0.05, 0.1) is 5.69 Å². The number of amides is 1. The van der Waals surface area contributed by atoms with Gasteiger partial charge in [-0.25, -0.2) is 9.67 Å². The van der Waals surface area contributed by atoms with Gasteiger partial charge in [-0.2, -0.15) is 18.3 Å². The van der Waals surface area contributed by atoms with E-state index in [1.54, 1.807) is 24.5 Å². The fourth-order valence-corrected chi connectivity index (χ4v) is 2.81. The molecule has 0 atom stereocenters. The summed E-state index contributed by atoms with van der Waals surface area (Å²) in [6, 6.07) is 13.9. The first kappa shape index (κ1) is 21.0. The molecular formula is C22H16F3N5O2. The molecule has 0 saturated heterocycles. The Morgan fingerprint density at radius 3 is 2.44 bits per heavy atom. The van der Waals surface area contributed by atoms with E-state index in [9.17, 15) is 18.0 Å². The number of alkyl halides is 3. The smallest absolute Gasteiger partial charge is 0.435 e. The van der Waals surface area contributed by atoms with Crippen molar-refractivity contribution in [2.24, 2.45) is 0 Å². The van der Waals surface area contributed by atoms with Crippen LogP contribution in [-0.4, -0.2) is 25.7 Å². The molecule has 0 bridgehead atoms. The van der Waals surface area contributed by atoms with Crippen molar-refractivity contribution >= 4 is 11.7 Å². The molecule has 7 nitrogen and oxygen atoms in total. The zero-order chi connectivity index (χ0) is 22.6. The topological polar surface area (TPSA) is 81.9 Å². The molecule has 3 aromatic heterocycles. The number of carbonyl (C=O) groups excluding carboxylic acids is 1. The molecule has 3 heterocycles. The average molecular weight is 439 g/mol. The Hall–Kier alpha value is -4.21. The Morgan fingerprint density at radius 2 is 1.75 bits per heavy atom. The lowest BCUT2D eigenvalue weighted by Gasteiger charge is -2.12. The van der Waals surface area contributed by atoms with Crippen LogP contribution in [0.2, 0.25) is 0 Å². The van der Waals surface area contributed by atoms with Crippen molar-refractivity contribution in [3.63, 3.8) is 0 Å². The predicted octanol–water partition coefficient (Wildman–Crippen LogP) is 4.51. The van der Waals surface area contributed by atoms with Crippen molar-refractivity contribution in [3.05, 3.63) is 96.2 Å². The second kappa shape index (κ2) is 8.88. The minimum atomic E-state index is -4.52. The first-order chi connectivity index (χ1) is 15.4. The minimum absolute atomic E-state index is 0.248. The van der Waals surface area contributed by atoms with E-state index in [0.717, 1.165) is 16.3 Å². The molecule has 0 radical (unpaired) electrons. The Bertz CT molecular complexity index is 1210. The van der Waals surface area contributed by atoms with Crippen LogP contribution in [0, 0.1) is 0 Å². The minimum Gasteiger partial charge on any atom is -0.485 e. The third-order valence-electron chi connectivity index (χ3n) is 4.42. The van der Waals surface area contributed by atoms with Gasteiger partial charge in [-0.05, 0) is 60.2 Å². The van der Waals surface area contributed by atoms with E-state index in [-0.39, 0.29) is 12.4 Å². The number of rotatable bonds is 6. The highest BCUT2D eigenvalue weighted by Gasteiger charge is 2.33. The summed E-state index contributed by atoms with van der Waals surface area (Å²) in [5.41, 5.74) is 0.594. The number of aromatic nitrogens is 4. The summed E-state index contributed by atoms with van der Waals surface area (Å²) in [6.07, 6.45) is 1.51. The summed E-state index contributed by atoms with van der Waals surface area (Å²) in [6.45, 7) is 0.273. The Morgan fingerprint density at radius 1 is 1.00 bits per heavy atom. The van der Waals surface area contributed by atoms with E-state index in [1.807, 2.05) is 12.1 Å². The van der Waals surface area contributed by atoms with Crippen LogP contribution in [-0.2, 0) is 12.8 Å². The fraction of sp³-hybridized carbons (Fsp3) is 0.0909. The summed E-state index contributed by atoms with van der Waals surface area (Å²) in [7, 11) is 0. The molecule has 1 aromatic carbocycles. The number of benzene rings is 1. The molecule has 0 unspecified atom stereocenters. The number of anilines is 1. The summed E-state index contributed by atoms with van der Waals surface area (Å²) in [4.78, 5) is 20.7. The average Bonchev–Trinajstić information content (AvgIpc) is 3.30. The largest absolute Gasteiger partial charge is 0.485 e. The molecule has 0 saturated carbocycles. The van der Waals surface area contributed by atoms with Gasteiger partial charge in [0.1, 0.15) is 6.61 Å². The maximum Gasteiger partial charge on any atom is 0.435 e. The second-order valence-electron chi connectivity index (χ2n) is 6.64. The van der Waals surface area contributed by atoms with Gasteiger partial charge < -0.3 is 10.1 Å². The number of nitrogens with zero attached hydrogens (tertiary/aromatic N) is 4. The fourth-order valence-electron chi connectivity index (χ4n) is 2.81. The van der Waals surface area contributed by atoms with Gasteiger partial charge in [-0.1, -0.05) is 0 Å². The third kappa shape index (κ3) is 4.91. The molecular weight excluding hydrogens is 423 g/mol. The molecule has 4 aromatic rings. The van der Waals surface area contributed by atoms with Gasteiger partial charge in [0.2, 0.25) is 0 Å². The first-order valence-electron chi connectivity index (χ1n) is 9.41. The van der Waals surface area contributed by atoms with E-state index in [4.69, 9.17) is 4.74 Å². The molecule has 1 amide bonds. The lowest BCUT2D eigenvalue weighted by molar-refractivity contribution is -0.141. The van der Waals surface area contributed by atoms with Crippen LogP contribution in [0.25, 0.3) is 5.69 Å². The van der Waals surface area contributed by atoms with Crippen LogP contribution >= 0.6 is 0 Å². The monoisotopic (exact) mass is 439 g/mol. The van der Waals surface area contributed by atoms with Crippen molar-refractivity contribution in [1.82, 2.24) is 19.7 Å². The zero-order valence-corrected chi connectivity index (χ0v) is 16.5. The lowest BCUT2D eigenvalue weighted by Crippen LogP contribution is -2.14. The first-order valence-corrected chi connectivity index (χ1v) is 9.41. The molecule has 1 N–H and O–H groups in total. The van der Waals surface area contributed by atoms with Crippen LogP contribution in [0.3, 0.4) is 0 Å². The van der Waals surface area contributed by atoms with Gasteiger partial charge in [0.15, 0.2) is 17.3 Å². The quantitative estimate of drug-likeness (QED) is 0.478. The number of hydrogen-bond acceptors (Lipinski definition) is 5. The highest BCUT2D eigenvalue weighted by molar-refractivity contribution is 6.04. The van der Waals surface area contributed by atoms with Crippen LogP contribution in [0.15, 0.2) is 79.4 Å². The summed E-state index contributed by atoms with van der Waals surface area (Å²) < 4.78 is 45.0. The molecule has 0 spiro atoms. The predicted molar refractivity (Wildman–Crippen MR) is 109 cm³/mol. The number of pyridine rings is 2. The summed E-state index contributed by atoms with van der Waals surface area (Å²) in [5, 5.41) is 6.20. The Balaban J connectivity index is 1.45. The molecule has 32 heavy (non-hydrogen) atoms. The number of halogens is 3. The normalized spacial score (nSPS) is 11.2. The Labute approximate surface area is 180 Å². The third-order valence-corrected chi connectivity index (χ3v) is 4.42. The maximum absolute atomic E-state index is 12.7.